The Morgan fingerprint density at radius 2 is 2.10 bits per heavy atom. The zero-order valence-corrected chi connectivity index (χ0v) is 12.3. The first-order chi connectivity index (χ1) is 9.58. The zero-order chi connectivity index (χ0) is 14.5. The quantitative estimate of drug-likeness (QED) is 0.908. The molecule has 20 heavy (non-hydrogen) atoms. The summed E-state index contributed by atoms with van der Waals surface area (Å²) in [5, 5.41) is 0. The molecule has 1 heterocycles. The first-order valence-corrected chi connectivity index (χ1v) is 7.29. The van der Waals surface area contributed by atoms with Crippen LogP contribution in [0.25, 0.3) is 0 Å². The molecule has 0 spiro atoms. The minimum absolute atomic E-state index is 0.0450. The summed E-state index contributed by atoms with van der Waals surface area (Å²) in [6.07, 6.45) is 1.61. The van der Waals surface area contributed by atoms with Gasteiger partial charge in [0.2, 0.25) is 5.91 Å². The van der Waals surface area contributed by atoms with Crippen LogP contribution in [0.2, 0.25) is 0 Å². The molecule has 1 aliphatic heterocycles. The van der Waals surface area contributed by atoms with Crippen LogP contribution in [0.3, 0.4) is 0 Å². The average molecular weight is 276 g/mol. The Kier molecular flexibility index (Phi) is 5.15. The van der Waals surface area contributed by atoms with E-state index in [-0.39, 0.29) is 18.1 Å². The predicted octanol–water partition coefficient (Wildman–Crippen LogP) is 1.58. The number of hydrogen-bond donors (Lipinski definition) is 1. The Bertz CT molecular complexity index is 435. The van der Waals surface area contributed by atoms with Crippen LogP contribution in [0.1, 0.15) is 25.8 Å². The Morgan fingerprint density at radius 1 is 1.40 bits per heavy atom. The van der Waals surface area contributed by atoms with Gasteiger partial charge in [-0.2, -0.15) is 0 Å². The number of morpholine rings is 1. The third-order valence-corrected chi connectivity index (χ3v) is 3.79. The van der Waals surface area contributed by atoms with Gasteiger partial charge in [0, 0.05) is 6.54 Å². The molecule has 4 heteroatoms. The van der Waals surface area contributed by atoms with Crippen LogP contribution in [-0.4, -0.2) is 42.1 Å². The van der Waals surface area contributed by atoms with E-state index in [9.17, 15) is 4.79 Å². The van der Waals surface area contributed by atoms with Crippen LogP contribution in [0.15, 0.2) is 30.3 Å². The van der Waals surface area contributed by atoms with Crippen molar-refractivity contribution >= 4 is 5.91 Å². The second-order valence-corrected chi connectivity index (χ2v) is 5.61. The van der Waals surface area contributed by atoms with Gasteiger partial charge in [-0.3, -0.25) is 4.79 Å². The highest BCUT2D eigenvalue weighted by molar-refractivity contribution is 5.82. The highest BCUT2D eigenvalue weighted by Crippen LogP contribution is 2.14. The molecular formula is C16H24N2O2. The van der Waals surface area contributed by atoms with Gasteiger partial charge in [0.05, 0.1) is 24.8 Å². The molecule has 1 fully saturated rings. The van der Waals surface area contributed by atoms with Crippen LogP contribution >= 0.6 is 0 Å². The molecular weight excluding hydrogens is 252 g/mol. The van der Waals surface area contributed by atoms with Crippen LogP contribution < -0.4 is 5.73 Å². The normalized spacial score (nSPS) is 24.4. The van der Waals surface area contributed by atoms with E-state index in [4.69, 9.17) is 10.5 Å². The molecule has 1 aromatic rings. The lowest BCUT2D eigenvalue weighted by Crippen LogP contribution is -2.55. The van der Waals surface area contributed by atoms with Crippen LogP contribution in [0.4, 0.5) is 0 Å². The highest BCUT2D eigenvalue weighted by Gasteiger charge is 2.30. The fourth-order valence-electron chi connectivity index (χ4n) is 2.51. The molecule has 1 aromatic carbocycles. The maximum absolute atomic E-state index is 12.4. The summed E-state index contributed by atoms with van der Waals surface area (Å²) < 4.78 is 5.54. The lowest BCUT2D eigenvalue weighted by atomic mass is 10.0. The average Bonchev–Trinajstić information content (AvgIpc) is 2.47. The maximum atomic E-state index is 12.4. The lowest BCUT2D eigenvalue weighted by molar-refractivity contribution is -0.144. The molecule has 1 aliphatic rings. The number of aryl methyl sites for hydroxylation is 1. The van der Waals surface area contributed by atoms with E-state index in [1.54, 1.807) is 0 Å². The molecule has 1 amide bonds. The smallest absolute Gasteiger partial charge is 0.239 e. The Labute approximate surface area is 120 Å². The molecule has 3 atom stereocenters. The van der Waals surface area contributed by atoms with Crippen molar-refractivity contribution in [1.29, 1.82) is 0 Å². The molecule has 2 rings (SSSR count). The first kappa shape index (κ1) is 15.0. The SMILES string of the molecule is CC1CN(C(=O)C(N)CCc2ccccc2)C(C)CO1. The molecule has 1 saturated heterocycles. The van der Waals surface area contributed by atoms with Gasteiger partial charge in [-0.1, -0.05) is 30.3 Å². The van der Waals surface area contributed by atoms with Gasteiger partial charge in [0.1, 0.15) is 0 Å². The standard InChI is InChI=1S/C16H24N2O2/c1-12-11-20-13(2)10-18(12)16(19)15(17)9-8-14-6-4-3-5-7-14/h3-7,12-13,15H,8-11,17H2,1-2H3. The maximum Gasteiger partial charge on any atom is 0.239 e. The second kappa shape index (κ2) is 6.86. The molecule has 0 radical (unpaired) electrons. The third kappa shape index (κ3) is 3.81. The van der Waals surface area contributed by atoms with Gasteiger partial charge in [-0.25, -0.2) is 0 Å². The summed E-state index contributed by atoms with van der Waals surface area (Å²) >= 11 is 0. The number of carbonyl (C=O) groups is 1. The summed E-state index contributed by atoms with van der Waals surface area (Å²) in [4.78, 5) is 14.3. The second-order valence-electron chi connectivity index (χ2n) is 5.61. The van der Waals surface area contributed by atoms with Crippen molar-refractivity contribution in [3.8, 4) is 0 Å². The van der Waals surface area contributed by atoms with E-state index in [1.165, 1.54) is 5.56 Å². The number of carbonyl (C=O) groups excluding carboxylic acids is 1. The minimum atomic E-state index is -0.428. The Morgan fingerprint density at radius 3 is 2.80 bits per heavy atom. The van der Waals surface area contributed by atoms with Crippen molar-refractivity contribution in [3.05, 3.63) is 35.9 Å². The molecule has 0 bridgehead atoms. The summed E-state index contributed by atoms with van der Waals surface area (Å²) in [7, 11) is 0. The molecule has 0 aliphatic carbocycles. The van der Waals surface area contributed by atoms with Gasteiger partial charge in [-0.15, -0.1) is 0 Å². The van der Waals surface area contributed by atoms with E-state index in [1.807, 2.05) is 36.9 Å². The summed E-state index contributed by atoms with van der Waals surface area (Å²) in [5.74, 6) is 0.0450. The van der Waals surface area contributed by atoms with Gasteiger partial charge >= 0.3 is 0 Å². The van der Waals surface area contributed by atoms with Crippen molar-refractivity contribution in [3.63, 3.8) is 0 Å². The molecule has 110 valence electrons. The first-order valence-electron chi connectivity index (χ1n) is 7.29. The van der Waals surface area contributed by atoms with E-state index in [0.29, 0.717) is 19.6 Å². The van der Waals surface area contributed by atoms with Crippen molar-refractivity contribution < 1.29 is 9.53 Å². The number of rotatable bonds is 4. The van der Waals surface area contributed by atoms with Gasteiger partial charge < -0.3 is 15.4 Å². The molecule has 3 unspecified atom stereocenters. The van der Waals surface area contributed by atoms with E-state index in [2.05, 4.69) is 12.1 Å². The van der Waals surface area contributed by atoms with Crippen LogP contribution in [0.5, 0.6) is 0 Å². The Balaban J connectivity index is 1.88. The monoisotopic (exact) mass is 276 g/mol. The number of hydrogen-bond acceptors (Lipinski definition) is 3. The minimum Gasteiger partial charge on any atom is -0.375 e. The molecule has 0 saturated carbocycles. The zero-order valence-electron chi connectivity index (χ0n) is 12.3. The van der Waals surface area contributed by atoms with Crippen molar-refractivity contribution in [2.24, 2.45) is 5.73 Å². The highest BCUT2D eigenvalue weighted by atomic mass is 16.5. The topological polar surface area (TPSA) is 55.6 Å². The van der Waals surface area contributed by atoms with Crippen LogP contribution in [0, 0.1) is 0 Å². The van der Waals surface area contributed by atoms with Crippen LogP contribution in [-0.2, 0) is 16.0 Å². The van der Waals surface area contributed by atoms with E-state index >= 15 is 0 Å². The van der Waals surface area contributed by atoms with Gasteiger partial charge in [0.25, 0.3) is 0 Å². The van der Waals surface area contributed by atoms with Gasteiger partial charge in [-0.05, 0) is 32.3 Å². The summed E-state index contributed by atoms with van der Waals surface area (Å²) in [6, 6.07) is 9.82. The van der Waals surface area contributed by atoms with E-state index < -0.39 is 6.04 Å². The predicted molar refractivity (Wildman–Crippen MR) is 79.3 cm³/mol. The summed E-state index contributed by atoms with van der Waals surface area (Å²) in [6.45, 7) is 5.23. The summed E-state index contributed by atoms with van der Waals surface area (Å²) in [5.41, 5.74) is 7.29. The molecule has 2 N–H and O–H groups in total. The number of amides is 1. The van der Waals surface area contributed by atoms with Crippen molar-refractivity contribution in [1.82, 2.24) is 4.90 Å². The largest absolute Gasteiger partial charge is 0.375 e. The van der Waals surface area contributed by atoms with Crippen molar-refractivity contribution in [2.75, 3.05) is 13.2 Å². The number of ether oxygens (including phenoxy) is 1. The Hall–Kier alpha value is -1.39. The number of benzene rings is 1. The molecule has 4 nitrogen and oxygen atoms in total. The molecule has 0 aromatic heterocycles. The number of nitrogens with zero attached hydrogens (tertiary/aromatic N) is 1. The van der Waals surface area contributed by atoms with Crippen molar-refractivity contribution in [2.45, 2.75) is 44.9 Å². The number of nitrogens with two attached hydrogens (primary N) is 1. The van der Waals surface area contributed by atoms with Gasteiger partial charge in [0.15, 0.2) is 0 Å². The van der Waals surface area contributed by atoms with E-state index in [0.717, 1.165) is 6.42 Å². The lowest BCUT2D eigenvalue weighted by Gasteiger charge is -2.38. The third-order valence-electron chi connectivity index (χ3n) is 3.79. The fraction of sp³-hybridized carbons (Fsp3) is 0.562. The fourth-order valence-corrected chi connectivity index (χ4v) is 2.51.